The molecule has 21 heavy (non-hydrogen) atoms. The number of rotatable bonds is 7. The molecule has 0 radical (unpaired) electrons. The van der Waals surface area contributed by atoms with Crippen molar-refractivity contribution in [3.05, 3.63) is 84.1 Å². The van der Waals surface area contributed by atoms with Crippen LogP contribution in [0, 0.1) is 0 Å². The third-order valence-corrected chi connectivity index (χ3v) is 3.19. The summed E-state index contributed by atoms with van der Waals surface area (Å²) in [5.74, 6) is -0.844. The summed E-state index contributed by atoms with van der Waals surface area (Å²) >= 11 is 0. The third-order valence-electron chi connectivity index (χ3n) is 3.19. The van der Waals surface area contributed by atoms with Crippen molar-refractivity contribution in [1.29, 1.82) is 0 Å². The lowest BCUT2D eigenvalue weighted by Gasteiger charge is -2.12. The third kappa shape index (κ3) is 5.15. The molecule has 0 spiro atoms. The fraction of sp³-hybridized carbons (Fsp3) is 0.167. The molecular weight excluding hydrogens is 262 g/mol. The highest BCUT2D eigenvalue weighted by Gasteiger charge is 2.15. The van der Waals surface area contributed by atoms with E-state index in [1.165, 1.54) is 5.56 Å². The van der Waals surface area contributed by atoms with Crippen molar-refractivity contribution in [2.75, 3.05) is 0 Å². The van der Waals surface area contributed by atoms with Gasteiger partial charge < -0.3 is 10.4 Å². The number of nitrogens with one attached hydrogen (secondary N) is 1. The van der Waals surface area contributed by atoms with Gasteiger partial charge in [0.15, 0.2) is 0 Å². The maximum absolute atomic E-state index is 11.3. The Morgan fingerprint density at radius 2 is 1.57 bits per heavy atom. The van der Waals surface area contributed by atoms with E-state index in [2.05, 4.69) is 5.32 Å². The van der Waals surface area contributed by atoms with Gasteiger partial charge in [-0.15, -0.1) is 0 Å². The lowest BCUT2D eigenvalue weighted by molar-refractivity contribution is -0.139. The Morgan fingerprint density at radius 3 is 2.14 bits per heavy atom. The molecule has 1 atom stereocenters. The van der Waals surface area contributed by atoms with Crippen molar-refractivity contribution in [2.24, 2.45) is 0 Å². The molecule has 2 N–H and O–H groups in total. The highest BCUT2D eigenvalue weighted by atomic mass is 16.4. The number of allylic oxidation sites excluding steroid dienone is 1. The number of carboxylic acid groups (broad SMARTS) is 1. The van der Waals surface area contributed by atoms with E-state index >= 15 is 0 Å². The van der Waals surface area contributed by atoms with Gasteiger partial charge in [-0.2, -0.15) is 0 Å². The fourth-order valence-corrected chi connectivity index (χ4v) is 2.06. The van der Waals surface area contributed by atoms with Gasteiger partial charge in [0.25, 0.3) is 0 Å². The minimum Gasteiger partial charge on any atom is -0.480 e. The van der Waals surface area contributed by atoms with Crippen LogP contribution in [-0.4, -0.2) is 17.1 Å². The van der Waals surface area contributed by atoms with Crippen LogP contribution in [0.5, 0.6) is 0 Å². The summed E-state index contributed by atoms with van der Waals surface area (Å²) in [5, 5.41) is 12.2. The summed E-state index contributed by atoms with van der Waals surface area (Å²) in [7, 11) is 0. The summed E-state index contributed by atoms with van der Waals surface area (Å²) in [5.41, 5.74) is 2.21. The molecule has 2 aromatic carbocycles. The molecule has 2 rings (SSSR count). The molecule has 0 heterocycles. The molecule has 2 aromatic rings. The molecule has 0 saturated carbocycles. The maximum Gasteiger partial charge on any atom is 0.326 e. The summed E-state index contributed by atoms with van der Waals surface area (Å²) < 4.78 is 0. The Bertz CT molecular complexity index is 579. The average Bonchev–Trinajstić information content (AvgIpc) is 2.52. The predicted octanol–water partition coefficient (Wildman–Crippen LogP) is 3.03. The summed E-state index contributed by atoms with van der Waals surface area (Å²) in [4.78, 5) is 11.3. The van der Waals surface area contributed by atoms with Crippen molar-refractivity contribution < 1.29 is 9.90 Å². The van der Waals surface area contributed by atoms with E-state index in [4.69, 9.17) is 0 Å². The zero-order valence-corrected chi connectivity index (χ0v) is 11.8. The quantitative estimate of drug-likeness (QED) is 0.820. The molecule has 0 fully saturated rings. The maximum atomic E-state index is 11.3. The normalized spacial score (nSPS) is 12.2. The largest absolute Gasteiger partial charge is 0.480 e. The first-order chi connectivity index (χ1) is 10.3. The van der Waals surface area contributed by atoms with Gasteiger partial charge in [-0.1, -0.05) is 66.7 Å². The first-order valence-corrected chi connectivity index (χ1v) is 6.97. The minimum absolute atomic E-state index is 0.464. The van der Waals surface area contributed by atoms with Crippen LogP contribution in [-0.2, 0) is 17.6 Å². The average molecular weight is 281 g/mol. The number of carbonyl (C=O) groups is 1. The van der Waals surface area contributed by atoms with E-state index in [0.717, 1.165) is 12.0 Å². The standard InChI is InChI=1S/C18H19NO2/c20-18(21)17(14-16-10-5-2-6-11-16)19-13-7-12-15-8-3-1-4-9-15/h1-11,13,17,19H,12,14H2,(H,20,21)/t17-/m0/s1. The highest BCUT2D eigenvalue weighted by Crippen LogP contribution is 2.04. The second-order valence-corrected chi connectivity index (χ2v) is 4.84. The lowest BCUT2D eigenvalue weighted by atomic mass is 10.1. The van der Waals surface area contributed by atoms with Gasteiger partial charge >= 0.3 is 5.97 Å². The highest BCUT2D eigenvalue weighted by molar-refractivity contribution is 5.74. The molecule has 108 valence electrons. The topological polar surface area (TPSA) is 49.3 Å². The van der Waals surface area contributed by atoms with Gasteiger partial charge in [0.1, 0.15) is 6.04 Å². The zero-order chi connectivity index (χ0) is 14.9. The van der Waals surface area contributed by atoms with E-state index in [1.54, 1.807) is 6.20 Å². The van der Waals surface area contributed by atoms with E-state index in [9.17, 15) is 9.90 Å². The van der Waals surface area contributed by atoms with Gasteiger partial charge in [-0.05, 0) is 23.7 Å². The predicted molar refractivity (Wildman–Crippen MR) is 84.0 cm³/mol. The zero-order valence-electron chi connectivity index (χ0n) is 11.8. The van der Waals surface area contributed by atoms with Crippen LogP contribution >= 0.6 is 0 Å². The summed E-state index contributed by atoms with van der Waals surface area (Å²) in [6.07, 6.45) is 4.92. The van der Waals surface area contributed by atoms with Gasteiger partial charge in [-0.3, -0.25) is 0 Å². The van der Waals surface area contributed by atoms with Gasteiger partial charge in [0, 0.05) is 6.42 Å². The molecule has 3 heteroatoms. The van der Waals surface area contributed by atoms with Gasteiger partial charge in [0.2, 0.25) is 0 Å². The Morgan fingerprint density at radius 1 is 1.00 bits per heavy atom. The molecule has 3 nitrogen and oxygen atoms in total. The minimum atomic E-state index is -0.844. The van der Waals surface area contributed by atoms with Crippen LogP contribution in [0.25, 0.3) is 0 Å². The van der Waals surface area contributed by atoms with Gasteiger partial charge in [0.05, 0.1) is 0 Å². The molecule has 0 aliphatic heterocycles. The van der Waals surface area contributed by atoms with Crippen molar-refractivity contribution >= 4 is 5.97 Å². The number of hydrogen-bond donors (Lipinski definition) is 2. The van der Waals surface area contributed by atoms with E-state index in [0.29, 0.717) is 6.42 Å². The van der Waals surface area contributed by atoms with Crippen molar-refractivity contribution in [3.63, 3.8) is 0 Å². The Kier molecular flexibility index (Phi) is 5.59. The smallest absolute Gasteiger partial charge is 0.326 e. The molecule has 0 unspecified atom stereocenters. The van der Waals surface area contributed by atoms with Gasteiger partial charge in [-0.25, -0.2) is 4.79 Å². The van der Waals surface area contributed by atoms with Crippen LogP contribution in [0.4, 0.5) is 0 Å². The van der Waals surface area contributed by atoms with Crippen LogP contribution in [0.1, 0.15) is 11.1 Å². The Labute approximate surface area is 124 Å². The number of aliphatic carboxylic acids is 1. The lowest BCUT2D eigenvalue weighted by Crippen LogP contribution is -2.35. The van der Waals surface area contributed by atoms with E-state index in [1.807, 2.05) is 66.7 Å². The summed E-state index contributed by atoms with van der Waals surface area (Å²) in [6, 6.07) is 19.1. The number of benzene rings is 2. The Balaban J connectivity index is 1.87. The molecule has 0 aliphatic rings. The first kappa shape index (κ1) is 14.9. The van der Waals surface area contributed by atoms with Crippen LogP contribution in [0.2, 0.25) is 0 Å². The Hall–Kier alpha value is -2.55. The van der Waals surface area contributed by atoms with Crippen molar-refractivity contribution in [1.82, 2.24) is 5.32 Å². The van der Waals surface area contributed by atoms with Crippen molar-refractivity contribution in [3.8, 4) is 0 Å². The second-order valence-electron chi connectivity index (χ2n) is 4.84. The first-order valence-electron chi connectivity index (χ1n) is 6.97. The van der Waals surface area contributed by atoms with Crippen LogP contribution < -0.4 is 5.32 Å². The van der Waals surface area contributed by atoms with E-state index in [-0.39, 0.29) is 0 Å². The van der Waals surface area contributed by atoms with Crippen LogP contribution in [0.3, 0.4) is 0 Å². The number of carboxylic acids is 1. The molecular formula is C18H19NO2. The molecule has 0 aliphatic carbocycles. The molecule has 0 aromatic heterocycles. The molecule has 0 bridgehead atoms. The fourth-order valence-electron chi connectivity index (χ4n) is 2.06. The SMILES string of the molecule is O=C(O)[C@H](Cc1ccccc1)NC=CCc1ccccc1. The van der Waals surface area contributed by atoms with Crippen molar-refractivity contribution in [2.45, 2.75) is 18.9 Å². The summed E-state index contributed by atoms with van der Waals surface area (Å²) in [6.45, 7) is 0. The molecule has 0 amide bonds. The number of hydrogen-bond acceptors (Lipinski definition) is 2. The van der Waals surface area contributed by atoms with E-state index < -0.39 is 12.0 Å². The van der Waals surface area contributed by atoms with Crippen LogP contribution in [0.15, 0.2) is 72.9 Å². The monoisotopic (exact) mass is 281 g/mol. The molecule has 0 saturated heterocycles. The second kappa shape index (κ2) is 7.90.